The van der Waals surface area contributed by atoms with E-state index in [4.69, 9.17) is 0 Å². The van der Waals surface area contributed by atoms with Gasteiger partial charge in [0.2, 0.25) is 0 Å². The Balaban J connectivity index is 1.58. The highest BCUT2D eigenvalue weighted by Gasteiger charge is 2.29. The molecule has 0 saturated heterocycles. The van der Waals surface area contributed by atoms with Crippen molar-refractivity contribution in [2.24, 2.45) is 0 Å². The summed E-state index contributed by atoms with van der Waals surface area (Å²) in [4.78, 5) is 15.0. The summed E-state index contributed by atoms with van der Waals surface area (Å²) in [6.07, 6.45) is 3.57. The number of rotatable bonds is 7. The van der Waals surface area contributed by atoms with Crippen molar-refractivity contribution in [2.45, 2.75) is 31.5 Å². The first-order chi connectivity index (χ1) is 12.7. The van der Waals surface area contributed by atoms with Crippen molar-refractivity contribution >= 4 is 17.2 Å². The van der Waals surface area contributed by atoms with Crippen molar-refractivity contribution < 1.29 is 9.90 Å². The Kier molecular flexibility index (Phi) is 4.91. The maximum Gasteiger partial charge on any atom is 0.270 e. The molecule has 3 aromatic rings. The number of benzene rings is 1. The Hall–Kier alpha value is -2.37. The lowest BCUT2D eigenvalue weighted by atomic mass is 10.1. The molecule has 1 aliphatic carbocycles. The van der Waals surface area contributed by atoms with Gasteiger partial charge in [0.15, 0.2) is 0 Å². The highest BCUT2D eigenvalue weighted by molar-refractivity contribution is 7.07. The van der Waals surface area contributed by atoms with E-state index in [2.05, 4.69) is 4.57 Å². The van der Waals surface area contributed by atoms with Gasteiger partial charge in [0, 0.05) is 18.8 Å². The third-order valence-electron chi connectivity index (χ3n) is 4.76. The molecular weight excluding hydrogens is 344 g/mol. The van der Waals surface area contributed by atoms with Crippen LogP contribution in [-0.4, -0.2) is 27.0 Å². The van der Waals surface area contributed by atoms with Crippen LogP contribution in [0.4, 0.5) is 0 Å². The Morgan fingerprint density at radius 3 is 2.69 bits per heavy atom. The molecule has 26 heavy (non-hydrogen) atoms. The molecule has 4 rings (SSSR count). The summed E-state index contributed by atoms with van der Waals surface area (Å²) >= 11 is 1.55. The lowest BCUT2D eigenvalue weighted by Crippen LogP contribution is -2.35. The number of hydrogen-bond acceptors (Lipinski definition) is 3. The van der Waals surface area contributed by atoms with Gasteiger partial charge in [-0.15, -0.1) is 0 Å². The van der Waals surface area contributed by atoms with Gasteiger partial charge < -0.3 is 14.6 Å². The highest BCUT2D eigenvalue weighted by atomic mass is 32.1. The molecule has 1 aliphatic rings. The molecule has 5 heteroatoms. The zero-order chi connectivity index (χ0) is 17.9. The Labute approximate surface area is 157 Å². The maximum atomic E-state index is 13.3. The Morgan fingerprint density at radius 2 is 2.00 bits per heavy atom. The number of thiophene rings is 1. The van der Waals surface area contributed by atoms with Crippen molar-refractivity contribution in [3.8, 4) is 0 Å². The molecular formula is C21H22N2O2S. The predicted octanol–water partition coefficient (Wildman–Crippen LogP) is 4.26. The van der Waals surface area contributed by atoms with Crippen LogP contribution >= 0.6 is 11.3 Å². The van der Waals surface area contributed by atoms with E-state index in [9.17, 15) is 9.90 Å². The highest BCUT2D eigenvalue weighted by Crippen LogP contribution is 2.36. The molecule has 2 heterocycles. The molecule has 1 N–H and O–H groups in total. The molecule has 0 spiro atoms. The maximum absolute atomic E-state index is 13.3. The third-order valence-corrected chi connectivity index (χ3v) is 5.46. The van der Waals surface area contributed by atoms with Crippen LogP contribution in [-0.2, 0) is 6.54 Å². The van der Waals surface area contributed by atoms with Crippen LogP contribution in [0, 0.1) is 0 Å². The summed E-state index contributed by atoms with van der Waals surface area (Å²) in [6.45, 7) is 0.761. The van der Waals surface area contributed by atoms with Gasteiger partial charge in [-0.1, -0.05) is 30.3 Å². The first-order valence-corrected chi connectivity index (χ1v) is 9.87. The fourth-order valence-corrected chi connectivity index (χ4v) is 3.92. The van der Waals surface area contributed by atoms with E-state index >= 15 is 0 Å². The summed E-state index contributed by atoms with van der Waals surface area (Å²) in [5.74, 6) is -0.0277. The van der Waals surface area contributed by atoms with Crippen LogP contribution in [0.25, 0.3) is 0 Å². The minimum absolute atomic E-state index is 0.0277. The Bertz CT molecular complexity index is 853. The number of carbonyl (C=O) groups is 1. The first-order valence-electron chi connectivity index (χ1n) is 8.92. The topological polar surface area (TPSA) is 45.5 Å². The number of amides is 1. The molecule has 4 nitrogen and oxygen atoms in total. The molecule has 1 atom stereocenters. The van der Waals surface area contributed by atoms with E-state index in [-0.39, 0.29) is 12.5 Å². The van der Waals surface area contributed by atoms with Gasteiger partial charge in [-0.3, -0.25) is 4.79 Å². The SMILES string of the molecule is O=C(c1cccn1C1CC1)N(Cc1ccccc1)CC(O)c1ccsc1. The Morgan fingerprint density at radius 1 is 1.19 bits per heavy atom. The molecule has 1 saturated carbocycles. The number of aromatic nitrogens is 1. The zero-order valence-electron chi connectivity index (χ0n) is 14.5. The lowest BCUT2D eigenvalue weighted by Gasteiger charge is -2.26. The smallest absolute Gasteiger partial charge is 0.270 e. The minimum atomic E-state index is -0.682. The summed E-state index contributed by atoms with van der Waals surface area (Å²) in [5, 5.41) is 14.5. The van der Waals surface area contributed by atoms with Crippen LogP contribution < -0.4 is 0 Å². The summed E-state index contributed by atoms with van der Waals surface area (Å²) in [5.41, 5.74) is 2.63. The fourth-order valence-electron chi connectivity index (χ4n) is 3.21. The minimum Gasteiger partial charge on any atom is -0.387 e. The van der Waals surface area contributed by atoms with Gasteiger partial charge >= 0.3 is 0 Å². The van der Waals surface area contributed by atoms with Crippen LogP contribution in [0.3, 0.4) is 0 Å². The monoisotopic (exact) mass is 366 g/mol. The van der Waals surface area contributed by atoms with E-state index in [0.717, 1.165) is 24.0 Å². The molecule has 0 aliphatic heterocycles. The second-order valence-corrected chi connectivity index (χ2v) is 7.56. The van der Waals surface area contributed by atoms with Crippen molar-refractivity contribution in [3.63, 3.8) is 0 Å². The zero-order valence-corrected chi connectivity index (χ0v) is 15.3. The van der Waals surface area contributed by atoms with Crippen LogP contribution in [0.5, 0.6) is 0 Å². The average molecular weight is 366 g/mol. The summed E-state index contributed by atoms with van der Waals surface area (Å²) in [7, 11) is 0. The molecule has 1 fully saturated rings. The van der Waals surface area contributed by atoms with E-state index in [1.807, 2.05) is 65.5 Å². The predicted molar refractivity (Wildman–Crippen MR) is 103 cm³/mol. The van der Waals surface area contributed by atoms with Gasteiger partial charge in [0.05, 0.1) is 12.6 Å². The third kappa shape index (κ3) is 3.74. The number of hydrogen-bond donors (Lipinski definition) is 1. The van der Waals surface area contributed by atoms with Gasteiger partial charge in [0.25, 0.3) is 5.91 Å². The van der Waals surface area contributed by atoms with Gasteiger partial charge in [0.1, 0.15) is 5.69 Å². The molecule has 0 radical (unpaired) electrons. The number of carbonyl (C=O) groups excluding carboxylic acids is 1. The van der Waals surface area contributed by atoms with Gasteiger partial charge in [-0.05, 0) is 52.9 Å². The van der Waals surface area contributed by atoms with E-state index < -0.39 is 6.10 Å². The molecule has 1 unspecified atom stereocenters. The number of nitrogens with zero attached hydrogens (tertiary/aromatic N) is 2. The van der Waals surface area contributed by atoms with E-state index in [0.29, 0.717) is 18.3 Å². The average Bonchev–Trinajstić information content (AvgIpc) is 3.15. The van der Waals surface area contributed by atoms with E-state index in [1.54, 1.807) is 16.2 Å². The van der Waals surface area contributed by atoms with Gasteiger partial charge in [-0.2, -0.15) is 11.3 Å². The molecule has 2 aromatic heterocycles. The van der Waals surface area contributed by atoms with Crippen LogP contribution in [0.1, 0.15) is 46.6 Å². The van der Waals surface area contributed by atoms with Crippen molar-refractivity contribution in [2.75, 3.05) is 6.54 Å². The second kappa shape index (κ2) is 7.48. The van der Waals surface area contributed by atoms with Crippen molar-refractivity contribution in [3.05, 3.63) is 82.3 Å². The van der Waals surface area contributed by atoms with E-state index in [1.165, 1.54) is 0 Å². The summed E-state index contributed by atoms with van der Waals surface area (Å²) < 4.78 is 2.08. The van der Waals surface area contributed by atoms with Crippen LogP contribution in [0.15, 0.2) is 65.5 Å². The molecule has 134 valence electrons. The van der Waals surface area contributed by atoms with Crippen LogP contribution in [0.2, 0.25) is 0 Å². The fraction of sp³-hybridized carbons (Fsp3) is 0.286. The van der Waals surface area contributed by atoms with Gasteiger partial charge in [-0.25, -0.2) is 0 Å². The number of aliphatic hydroxyl groups excluding tert-OH is 1. The second-order valence-electron chi connectivity index (χ2n) is 6.78. The molecule has 1 amide bonds. The standard InChI is InChI=1S/C21H22N2O2S/c24-20(17-10-12-26-15-17)14-22(13-16-5-2-1-3-6-16)21(25)19-7-4-11-23(19)18-8-9-18/h1-7,10-12,15,18,20,24H,8-9,13-14H2. The normalized spacial score (nSPS) is 15.0. The first kappa shape index (κ1) is 17.1. The molecule has 1 aromatic carbocycles. The van der Waals surface area contributed by atoms with Crippen molar-refractivity contribution in [1.29, 1.82) is 0 Å². The largest absolute Gasteiger partial charge is 0.387 e. The quantitative estimate of drug-likeness (QED) is 0.679. The summed E-state index contributed by atoms with van der Waals surface area (Å²) in [6, 6.07) is 16.1. The lowest BCUT2D eigenvalue weighted by molar-refractivity contribution is 0.0594. The van der Waals surface area contributed by atoms with Crippen molar-refractivity contribution in [1.82, 2.24) is 9.47 Å². The number of aliphatic hydroxyl groups is 1. The molecule has 0 bridgehead atoms.